The Labute approximate surface area is 171 Å². The normalized spacial score (nSPS) is 7.20. The molecule has 0 aromatic heterocycles. The van der Waals surface area contributed by atoms with Gasteiger partial charge in [-0.15, -0.1) is 0 Å². The monoisotopic (exact) mass is 544 g/mol. The first kappa shape index (κ1) is 44.7. The van der Waals surface area contributed by atoms with Gasteiger partial charge < -0.3 is 30.6 Å². The molecule has 6 nitrogen and oxygen atoms in total. The van der Waals surface area contributed by atoms with E-state index < -0.39 is 0 Å². The van der Waals surface area contributed by atoms with Crippen molar-refractivity contribution in [2.24, 2.45) is 0 Å². The third-order valence-corrected chi connectivity index (χ3v) is 1.34. The molecule has 162 valence electrons. The quantitative estimate of drug-likeness (QED) is 0.306. The molecule has 0 aromatic carbocycles. The van der Waals surface area contributed by atoms with Crippen LogP contribution in [0.3, 0.4) is 0 Å². The molecule has 25 heavy (non-hydrogen) atoms. The average molecular weight is 544 g/mol. The maximum atomic E-state index is 7.88. The Morgan fingerprint density at radius 1 is 0.320 bits per heavy atom. The second-order valence-corrected chi connectivity index (χ2v) is 4.34. The van der Waals surface area contributed by atoms with Gasteiger partial charge in [-0.1, -0.05) is 41.5 Å². The zero-order valence-electron chi connectivity index (χ0n) is 17.6. The van der Waals surface area contributed by atoms with Crippen molar-refractivity contribution in [2.45, 2.75) is 80.1 Å². The topological polar surface area (TPSA) is 121 Å². The fraction of sp³-hybridized carbons (Fsp3) is 1.00. The summed E-state index contributed by atoms with van der Waals surface area (Å²) in [7, 11) is 0. The minimum atomic E-state index is 0. The summed E-state index contributed by atoms with van der Waals surface area (Å²) in [6.45, 7) is 13.5. The number of aliphatic hydroxyl groups is 6. The Morgan fingerprint density at radius 3 is 0.360 bits per heavy atom. The van der Waals surface area contributed by atoms with E-state index in [2.05, 4.69) is 0 Å². The summed E-state index contributed by atoms with van der Waals surface area (Å²) in [5.74, 6) is 0. The van der Waals surface area contributed by atoms with Gasteiger partial charge in [-0.2, -0.15) is 0 Å². The Balaban J connectivity index is -0.0000000309. The van der Waals surface area contributed by atoms with Gasteiger partial charge in [-0.3, -0.25) is 0 Å². The molecular weight excluding hydrogens is 496 g/mol. The molecule has 0 fully saturated rings. The number of rotatable bonds is 6. The van der Waals surface area contributed by atoms with E-state index in [4.69, 9.17) is 30.6 Å². The Hall–Kier alpha value is 0.448. The largest absolute Gasteiger partial charge is 0.396 e. The molecule has 0 saturated carbocycles. The minimum absolute atomic E-state index is 0. The predicted molar refractivity (Wildman–Crippen MR) is 104 cm³/mol. The summed E-state index contributed by atoms with van der Waals surface area (Å²) in [4.78, 5) is 0. The molecular formula is C18H48O6W. The van der Waals surface area contributed by atoms with Crippen LogP contribution in [0, 0.1) is 0 Å². The van der Waals surface area contributed by atoms with Gasteiger partial charge in [-0.05, 0) is 38.5 Å². The minimum Gasteiger partial charge on any atom is -0.396 e. The summed E-state index contributed by atoms with van der Waals surface area (Å²) in [6.07, 6.45) is 5.25. The SMILES string of the molecule is CCCO.CCCO.CCCO.CCCO.CCCO.CCCO.[W]. The van der Waals surface area contributed by atoms with Crippen molar-refractivity contribution in [1.82, 2.24) is 0 Å². The van der Waals surface area contributed by atoms with E-state index in [0.29, 0.717) is 39.6 Å². The molecule has 0 aliphatic heterocycles. The molecule has 0 heterocycles. The van der Waals surface area contributed by atoms with E-state index in [-0.39, 0.29) is 21.1 Å². The van der Waals surface area contributed by atoms with Crippen molar-refractivity contribution < 1.29 is 51.7 Å². The van der Waals surface area contributed by atoms with Crippen molar-refractivity contribution in [3.8, 4) is 0 Å². The smallest absolute Gasteiger partial charge is 0.0428 e. The fourth-order valence-corrected chi connectivity index (χ4v) is 0. The number of aliphatic hydroxyl groups excluding tert-OH is 6. The fourth-order valence-electron chi connectivity index (χ4n) is 0. The second-order valence-electron chi connectivity index (χ2n) is 4.34. The van der Waals surface area contributed by atoms with Gasteiger partial charge in [0.25, 0.3) is 0 Å². The molecule has 0 spiro atoms. The van der Waals surface area contributed by atoms with Crippen LogP contribution in [0.15, 0.2) is 0 Å². The van der Waals surface area contributed by atoms with Crippen LogP contribution in [-0.2, 0) is 21.1 Å². The number of hydrogen-bond acceptors (Lipinski definition) is 6. The molecule has 0 aromatic rings. The van der Waals surface area contributed by atoms with E-state index in [0.717, 1.165) is 38.5 Å². The van der Waals surface area contributed by atoms with Crippen molar-refractivity contribution in [2.75, 3.05) is 39.6 Å². The summed E-state index contributed by atoms with van der Waals surface area (Å²) in [6, 6.07) is 0. The summed E-state index contributed by atoms with van der Waals surface area (Å²) >= 11 is 0. The average Bonchev–Trinajstić information content (AvgIpc) is 2.68. The van der Waals surface area contributed by atoms with Crippen LogP contribution in [0.5, 0.6) is 0 Å². The summed E-state index contributed by atoms with van der Waals surface area (Å²) < 4.78 is 0. The van der Waals surface area contributed by atoms with Crippen LogP contribution in [0.25, 0.3) is 0 Å². The van der Waals surface area contributed by atoms with Crippen LogP contribution in [0.2, 0.25) is 0 Å². The molecule has 0 saturated heterocycles. The third-order valence-electron chi connectivity index (χ3n) is 1.34. The van der Waals surface area contributed by atoms with Crippen molar-refractivity contribution in [3.05, 3.63) is 0 Å². The van der Waals surface area contributed by atoms with E-state index in [1.807, 2.05) is 41.5 Å². The van der Waals surface area contributed by atoms with Gasteiger partial charge in [0.1, 0.15) is 0 Å². The van der Waals surface area contributed by atoms with E-state index in [9.17, 15) is 0 Å². The number of hydrogen-bond donors (Lipinski definition) is 6. The summed E-state index contributed by atoms with van der Waals surface area (Å²) in [5, 5.41) is 47.2. The van der Waals surface area contributed by atoms with E-state index in [1.165, 1.54) is 0 Å². The Morgan fingerprint density at radius 2 is 0.360 bits per heavy atom. The van der Waals surface area contributed by atoms with Crippen LogP contribution in [0.1, 0.15) is 80.1 Å². The van der Waals surface area contributed by atoms with Gasteiger partial charge in [0.05, 0.1) is 0 Å². The van der Waals surface area contributed by atoms with Gasteiger partial charge >= 0.3 is 0 Å². The van der Waals surface area contributed by atoms with Crippen LogP contribution < -0.4 is 0 Å². The van der Waals surface area contributed by atoms with Gasteiger partial charge in [0.15, 0.2) is 0 Å². The molecule has 0 radical (unpaired) electrons. The van der Waals surface area contributed by atoms with Crippen LogP contribution in [-0.4, -0.2) is 70.3 Å². The Bertz CT molecular complexity index is 68.5. The zero-order chi connectivity index (χ0) is 20.5. The first-order valence-electron chi connectivity index (χ1n) is 9.14. The first-order valence-corrected chi connectivity index (χ1v) is 9.14. The maximum Gasteiger partial charge on any atom is 0.0428 e. The molecule has 0 atom stereocenters. The van der Waals surface area contributed by atoms with E-state index in [1.54, 1.807) is 0 Å². The molecule has 0 rings (SSSR count). The third kappa shape index (κ3) is 296. The molecule has 0 aliphatic carbocycles. The molecule has 7 heteroatoms. The molecule has 0 unspecified atom stereocenters. The van der Waals surface area contributed by atoms with Crippen molar-refractivity contribution >= 4 is 0 Å². The first-order chi connectivity index (χ1) is 11.5. The second kappa shape index (κ2) is 86.7. The van der Waals surface area contributed by atoms with Gasteiger partial charge in [0.2, 0.25) is 0 Å². The molecule has 0 bridgehead atoms. The van der Waals surface area contributed by atoms with Crippen LogP contribution in [0.4, 0.5) is 0 Å². The van der Waals surface area contributed by atoms with Gasteiger partial charge in [-0.25, -0.2) is 0 Å². The molecule has 6 N–H and O–H groups in total. The predicted octanol–water partition coefficient (Wildman–Crippen LogP) is 2.33. The standard InChI is InChI=1S/6C3H8O.W/c6*1-2-3-4;/h6*4H,2-3H2,1H3;. The Kier molecular flexibility index (Phi) is 155. The molecule has 0 amide bonds. The molecule has 0 aliphatic rings. The zero-order valence-corrected chi connectivity index (χ0v) is 20.5. The maximum absolute atomic E-state index is 7.88. The van der Waals surface area contributed by atoms with Crippen LogP contribution >= 0.6 is 0 Å². The summed E-state index contributed by atoms with van der Waals surface area (Å²) in [5.41, 5.74) is 0. The van der Waals surface area contributed by atoms with Crippen molar-refractivity contribution in [1.29, 1.82) is 0 Å². The van der Waals surface area contributed by atoms with Crippen molar-refractivity contribution in [3.63, 3.8) is 0 Å². The van der Waals surface area contributed by atoms with E-state index >= 15 is 0 Å². The van der Waals surface area contributed by atoms with Gasteiger partial charge in [0, 0.05) is 60.7 Å².